The minimum Gasteiger partial charge on any atom is -0.369 e. The maximum Gasteiger partial charge on any atom is 0.255 e. The molecule has 0 aromatic carbocycles. The van der Waals surface area contributed by atoms with E-state index in [0.717, 1.165) is 0 Å². The van der Waals surface area contributed by atoms with E-state index in [-0.39, 0.29) is 23.3 Å². The molecule has 2 rings (SSSR count). The Balaban J connectivity index is 2.09. The molecule has 1 unspecified atom stereocenters. The zero-order valence-corrected chi connectivity index (χ0v) is 9.18. The average Bonchev–Trinajstić information content (AvgIpc) is 2.78. The van der Waals surface area contributed by atoms with Gasteiger partial charge in [0.25, 0.3) is 5.91 Å². The number of pyridine rings is 1. The number of hydrogen-bond donors (Lipinski definition) is 2. The molecule has 1 aromatic heterocycles. The Morgan fingerprint density at radius 1 is 1.41 bits per heavy atom. The van der Waals surface area contributed by atoms with Crippen molar-refractivity contribution in [1.29, 1.82) is 0 Å². The fraction of sp³-hybridized carbons (Fsp3) is 0.364. The van der Waals surface area contributed by atoms with Gasteiger partial charge in [-0.1, -0.05) is 0 Å². The maximum atomic E-state index is 12.0. The lowest BCUT2D eigenvalue weighted by Gasteiger charge is -2.15. The molecule has 6 nitrogen and oxygen atoms in total. The molecule has 1 fully saturated rings. The second-order valence-electron chi connectivity index (χ2n) is 4.08. The molecule has 6 heteroatoms. The van der Waals surface area contributed by atoms with E-state index in [1.165, 1.54) is 18.3 Å². The van der Waals surface area contributed by atoms with Crippen LogP contribution < -0.4 is 11.3 Å². The molecule has 90 valence electrons. The highest BCUT2D eigenvalue weighted by atomic mass is 16.2. The standard InChI is InChI=1S/C11H13N3O3/c12-10(16)8-3-4-14(6-8)11(17)7-1-2-9(15)13-5-7/h1-2,5,8H,3-4,6H2,(H2,12,16)(H,13,15). The van der Waals surface area contributed by atoms with Gasteiger partial charge >= 0.3 is 0 Å². The first kappa shape index (κ1) is 11.4. The van der Waals surface area contributed by atoms with E-state index in [2.05, 4.69) is 4.98 Å². The van der Waals surface area contributed by atoms with Crippen LogP contribution in [0.15, 0.2) is 23.1 Å². The second kappa shape index (κ2) is 4.40. The van der Waals surface area contributed by atoms with Gasteiger partial charge in [0.1, 0.15) is 0 Å². The maximum absolute atomic E-state index is 12.0. The summed E-state index contributed by atoms with van der Waals surface area (Å²) < 4.78 is 0. The van der Waals surface area contributed by atoms with E-state index in [0.29, 0.717) is 25.1 Å². The molecule has 0 bridgehead atoms. The van der Waals surface area contributed by atoms with E-state index in [9.17, 15) is 14.4 Å². The number of primary amides is 1. The summed E-state index contributed by atoms with van der Waals surface area (Å²) >= 11 is 0. The topological polar surface area (TPSA) is 96.3 Å². The minimum absolute atomic E-state index is 0.190. The van der Waals surface area contributed by atoms with Crippen LogP contribution in [0.4, 0.5) is 0 Å². The number of H-pyrrole nitrogens is 1. The van der Waals surface area contributed by atoms with Crippen molar-refractivity contribution in [3.8, 4) is 0 Å². The Morgan fingerprint density at radius 2 is 2.18 bits per heavy atom. The van der Waals surface area contributed by atoms with E-state index < -0.39 is 0 Å². The number of nitrogens with one attached hydrogen (secondary N) is 1. The van der Waals surface area contributed by atoms with Crippen molar-refractivity contribution in [1.82, 2.24) is 9.88 Å². The number of carbonyl (C=O) groups excluding carboxylic acids is 2. The van der Waals surface area contributed by atoms with Crippen molar-refractivity contribution in [2.75, 3.05) is 13.1 Å². The lowest BCUT2D eigenvalue weighted by Crippen LogP contribution is -2.32. The molecule has 0 spiro atoms. The third-order valence-electron chi connectivity index (χ3n) is 2.91. The number of amides is 2. The van der Waals surface area contributed by atoms with Gasteiger partial charge in [0.2, 0.25) is 11.5 Å². The van der Waals surface area contributed by atoms with Crippen molar-refractivity contribution in [3.05, 3.63) is 34.2 Å². The van der Waals surface area contributed by atoms with Gasteiger partial charge in [-0.15, -0.1) is 0 Å². The van der Waals surface area contributed by atoms with Crippen LogP contribution in [0.2, 0.25) is 0 Å². The molecule has 1 atom stereocenters. The Bertz CT molecular complexity index is 488. The van der Waals surface area contributed by atoms with E-state index in [1.54, 1.807) is 4.90 Å². The number of carbonyl (C=O) groups is 2. The van der Waals surface area contributed by atoms with Crippen LogP contribution in [0.3, 0.4) is 0 Å². The summed E-state index contributed by atoms with van der Waals surface area (Å²) in [7, 11) is 0. The van der Waals surface area contributed by atoms with Gasteiger partial charge in [-0.05, 0) is 12.5 Å². The average molecular weight is 235 g/mol. The summed E-state index contributed by atoms with van der Waals surface area (Å²) in [4.78, 5) is 37.8. The van der Waals surface area contributed by atoms with Crippen molar-refractivity contribution >= 4 is 11.8 Å². The smallest absolute Gasteiger partial charge is 0.255 e. The summed E-state index contributed by atoms with van der Waals surface area (Å²) in [6.07, 6.45) is 1.98. The van der Waals surface area contributed by atoms with E-state index in [4.69, 9.17) is 5.73 Å². The van der Waals surface area contributed by atoms with Gasteiger partial charge in [0, 0.05) is 25.4 Å². The molecule has 3 N–H and O–H groups in total. The number of nitrogens with two attached hydrogens (primary N) is 1. The van der Waals surface area contributed by atoms with Gasteiger partial charge in [-0.2, -0.15) is 0 Å². The molecule has 17 heavy (non-hydrogen) atoms. The summed E-state index contributed by atoms with van der Waals surface area (Å²) in [5.41, 5.74) is 5.35. The summed E-state index contributed by atoms with van der Waals surface area (Å²) in [6.45, 7) is 0.874. The third kappa shape index (κ3) is 2.35. The zero-order valence-electron chi connectivity index (χ0n) is 9.18. The second-order valence-corrected chi connectivity index (χ2v) is 4.08. The van der Waals surface area contributed by atoms with Crippen LogP contribution in [0.25, 0.3) is 0 Å². The minimum atomic E-state index is -0.373. The summed E-state index contributed by atoms with van der Waals surface area (Å²) in [5.74, 6) is -0.825. The lowest BCUT2D eigenvalue weighted by molar-refractivity contribution is -0.121. The third-order valence-corrected chi connectivity index (χ3v) is 2.91. The van der Waals surface area contributed by atoms with Crippen molar-refractivity contribution < 1.29 is 9.59 Å². The molecule has 1 aliphatic heterocycles. The van der Waals surface area contributed by atoms with Crippen LogP contribution in [0.1, 0.15) is 16.8 Å². The molecule has 1 aromatic rings. The number of likely N-dealkylation sites (tertiary alicyclic amines) is 1. The zero-order chi connectivity index (χ0) is 12.4. The van der Waals surface area contributed by atoms with Crippen LogP contribution in [0.5, 0.6) is 0 Å². The van der Waals surface area contributed by atoms with Crippen LogP contribution in [-0.4, -0.2) is 34.8 Å². The Hall–Kier alpha value is -2.11. The highest BCUT2D eigenvalue weighted by Crippen LogP contribution is 2.17. The van der Waals surface area contributed by atoms with Gasteiger partial charge in [-0.25, -0.2) is 0 Å². The van der Waals surface area contributed by atoms with Gasteiger partial charge < -0.3 is 15.6 Å². The highest BCUT2D eigenvalue weighted by Gasteiger charge is 2.30. The molecular weight excluding hydrogens is 222 g/mol. The molecular formula is C11H13N3O3. The number of hydrogen-bond acceptors (Lipinski definition) is 3. The number of rotatable bonds is 2. The Kier molecular flexibility index (Phi) is 2.95. The van der Waals surface area contributed by atoms with Crippen LogP contribution in [0, 0.1) is 5.92 Å². The number of aromatic nitrogens is 1. The largest absolute Gasteiger partial charge is 0.369 e. The van der Waals surface area contributed by atoms with Crippen molar-refractivity contribution in [2.45, 2.75) is 6.42 Å². The van der Waals surface area contributed by atoms with Gasteiger partial charge in [-0.3, -0.25) is 14.4 Å². The SMILES string of the molecule is NC(=O)C1CCN(C(=O)c2ccc(=O)[nH]c2)C1. The molecule has 1 aliphatic rings. The van der Waals surface area contributed by atoms with Gasteiger partial charge in [0.15, 0.2) is 0 Å². The number of nitrogens with zero attached hydrogens (tertiary/aromatic N) is 1. The van der Waals surface area contributed by atoms with Crippen molar-refractivity contribution in [3.63, 3.8) is 0 Å². The molecule has 0 saturated carbocycles. The lowest BCUT2D eigenvalue weighted by atomic mass is 10.1. The first-order valence-corrected chi connectivity index (χ1v) is 5.35. The normalized spacial score (nSPS) is 19.3. The van der Waals surface area contributed by atoms with Crippen molar-refractivity contribution in [2.24, 2.45) is 11.7 Å². The molecule has 0 aliphatic carbocycles. The fourth-order valence-corrected chi connectivity index (χ4v) is 1.90. The predicted molar refractivity (Wildman–Crippen MR) is 60.3 cm³/mol. The Morgan fingerprint density at radius 3 is 2.71 bits per heavy atom. The summed E-state index contributed by atoms with van der Waals surface area (Å²) in [6, 6.07) is 2.77. The fourth-order valence-electron chi connectivity index (χ4n) is 1.90. The molecule has 2 amide bonds. The monoisotopic (exact) mass is 235 g/mol. The van der Waals surface area contributed by atoms with E-state index >= 15 is 0 Å². The summed E-state index contributed by atoms with van der Waals surface area (Å²) in [5, 5.41) is 0. The van der Waals surface area contributed by atoms with Gasteiger partial charge in [0.05, 0.1) is 11.5 Å². The first-order valence-electron chi connectivity index (χ1n) is 5.35. The van der Waals surface area contributed by atoms with Crippen LogP contribution in [-0.2, 0) is 4.79 Å². The molecule has 0 radical (unpaired) electrons. The first-order chi connectivity index (χ1) is 8.08. The quantitative estimate of drug-likeness (QED) is 0.711. The predicted octanol–water partition coefficient (Wildman–Crippen LogP) is -0.678. The molecule has 2 heterocycles. The highest BCUT2D eigenvalue weighted by molar-refractivity contribution is 5.94. The van der Waals surface area contributed by atoms with Crippen LogP contribution >= 0.6 is 0 Å². The Labute approximate surface area is 97.4 Å². The molecule has 1 saturated heterocycles. The van der Waals surface area contributed by atoms with E-state index in [1.807, 2.05) is 0 Å². The number of aromatic amines is 1.